The number of aliphatic hydroxyl groups is 1. The van der Waals surface area contributed by atoms with Gasteiger partial charge in [0.15, 0.2) is 0 Å². The molecule has 1 aliphatic rings. The van der Waals surface area contributed by atoms with Crippen LogP contribution in [0.25, 0.3) is 0 Å². The molecule has 1 fully saturated rings. The molecule has 0 aromatic rings. The van der Waals surface area contributed by atoms with Gasteiger partial charge >= 0.3 is 0 Å². The van der Waals surface area contributed by atoms with Crippen molar-refractivity contribution in [3.63, 3.8) is 0 Å². The van der Waals surface area contributed by atoms with Crippen LogP contribution in [0.2, 0.25) is 0 Å². The van der Waals surface area contributed by atoms with E-state index in [9.17, 15) is 5.11 Å². The van der Waals surface area contributed by atoms with Crippen LogP contribution in [0, 0.1) is 17.3 Å². The monoisotopic (exact) mass is 213 g/mol. The summed E-state index contributed by atoms with van der Waals surface area (Å²) in [6.07, 6.45) is 4.83. The molecule has 1 aliphatic heterocycles. The molecule has 15 heavy (non-hydrogen) atoms. The van der Waals surface area contributed by atoms with Crippen LogP contribution in [-0.2, 0) is 0 Å². The maximum absolute atomic E-state index is 9.36. The summed E-state index contributed by atoms with van der Waals surface area (Å²) >= 11 is 0. The molecule has 1 rings (SSSR count). The molecule has 2 heteroatoms. The van der Waals surface area contributed by atoms with E-state index in [0.29, 0.717) is 17.9 Å². The van der Waals surface area contributed by atoms with Gasteiger partial charge in [-0.05, 0) is 56.0 Å². The quantitative estimate of drug-likeness (QED) is 0.701. The molecule has 0 aliphatic carbocycles. The molecule has 0 aromatic heterocycles. The smallest absolute Gasteiger partial charge is 0.0459 e. The molecule has 1 saturated heterocycles. The normalized spacial score (nSPS) is 30.4. The first-order valence-corrected chi connectivity index (χ1v) is 6.35. The van der Waals surface area contributed by atoms with Crippen molar-refractivity contribution in [3.8, 4) is 0 Å². The molecule has 2 N–H and O–H groups in total. The van der Waals surface area contributed by atoms with Gasteiger partial charge < -0.3 is 10.4 Å². The van der Waals surface area contributed by atoms with Crippen LogP contribution >= 0.6 is 0 Å². The van der Waals surface area contributed by atoms with Crippen LogP contribution in [0.15, 0.2) is 0 Å². The van der Waals surface area contributed by atoms with Crippen molar-refractivity contribution in [3.05, 3.63) is 0 Å². The third kappa shape index (κ3) is 4.52. The van der Waals surface area contributed by atoms with Gasteiger partial charge in [-0.25, -0.2) is 0 Å². The number of hydrogen-bond acceptors (Lipinski definition) is 2. The summed E-state index contributed by atoms with van der Waals surface area (Å²) in [5.74, 6) is 1.26. The van der Waals surface area contributed by atoms with Crippen LogP contribution < -0.4 is 5.32 Å². The van der Waals surface area contributed by atoms with Gasteiger partial charge in [-0.1, -0.05) is 20.8 Å². The van der Waals surface area contributed by atoms with Crippen LogP contribution in [0.4, 0.5) is 0 Å². The van der Waals surface area contributed by atoms with E-state index >= 15 is 0 Å². The van der Waals surface area contributed by atoms with Gasteiger partial charge in [-0.15, -0.1) is 0 Å². The highest BCUT2D eigenvalue weighted by Crippen LogP contribution is 2.35. The Morgan fingerprint density at radius 3 is 2.53 bits per heavy atom. The lowest BCUT2D eigenvalue weighted by Crippen LogP contribution is -2.27. The Bertz CT molecular complexity index is 174. The second kappa shape index (κ2) is 5.86. The van der Waals surface area contributed by atoms with Crippen molar-refractivity contribution in [2.75, 3.05) is 19.7 Å². The summed E-state index contributed by atoms with van der Waals surface area (Å²) in [6.45, 7) is 9.60. The van der Waals surface area contributed by atoms with E-state index in [1.807, 2.05) is 0 Å². The second-order valence-corrected chi connectivity index (χ2v) is 6.03. The number of nitrogens with one attached hydrogen (secondary N) is 1. The summed E-state index contributed by atoms with van der Waals surface area (Å²) in [6, 6.07) is 0. The van der Waals surface area contributed by atoms with E-state index in [-0.39, 0.29) is 0 Å². The third-order valence-corrected chi connectivity index (χ3v) is 3.74. The standard InChI is InChI=1S/C13H27NO/c1-13(2,3)12-6-8-14-7-4-5-11(9-12)10-15/h11-12,14-15H,4-10H2,1-3H3/t11-,12+/m1/s1. The molecule has 0 amide bonds. The minimum absolute atomic E-state index is 0.368. The highest BCUT2D eigenvalue weighted by atomic mass is 16.3. The van der Waals surface area contributed by atoms with E-state index < -0.39 is 0 Å². The summed E-state index contributed by atoms with van der Waals surface area (Å²) in [5, 5.41) is 12.9. The van der Waals surface area contributed by atoms with E-state index in [1.165, 1.54) is 25.7 Å². The lowest BCUT2D eigenvalue weighted by atomic mass is 9.73. The summed E-state index contributed by atoms with van der Waals surface area (Å²) < 4.78 is 0. The minimum Gasteiger partial charge on any atom is -0.396 e. The second-order valence-electron chi connectivity index (χ2n) is 6.03. The fourth-order valence-corrected chi connectivity index (χ4v) is 2.51. The van der Waals surface area contributed by atoms with E-state index in [4.69, 9.17) is 0 Å². The number of aliphatic hydroxyl groups excluding tert-OH is 1. The molecule has 0 saturated carbocycles. The summed E-state index contributed by atoms with van der Waals surface area (Å²) in [7, 11) is 0. The minimum atomic E-state index is 0.368. The van der Waals surface area contributed by atoms with Gasteiger partial charge in [0.1, 0.15) is 0 Å². The molecule has 2 nitrogen and oxygen atoms in total. The fraction of sp³-hybridized carbons (Fsp3) is 1.00. The zero-order valence-corrected chi connectivity index (χ0v) is 10.6. The zero-order valence-electron chi connectivity index (χ0n) is 10.6. The lowest BCUT2D eigenvalue weighted by molar-refractivity contribution is 0.140. The van der Waals surface area contributed by atoms with Crippen LogP contribution in [-0.4, -0.2) is 24.8 Å². The predicted octanol–water partition coefficient (Wildman–Crippen LogP) is 2.42. The molecular formula is C13H27NO. The van der Waals surface area contributed by atoms with E-state index in [0.717, 1.165) is 19.0 Å². The molecule has 0 unspecified atom stereocenters. The van der Waals surface area contributed by atoms with Gasteiger partial charge in [0, 0.05) is 6.61 Å². The van der Waals surface area contributed by atoms with Crippen LogP contribution in [0.3, 0.4) is 0 Å². The first-order chi connectivity index (χ1) is 7.04. The average Bonchev–Trinajstić information content (AvgIpc) is 2.27. The Labute approximate surface area is 94.5 Å². The topological polar surface area (TPSA) is 32.3 Å². The molecule has 0 bridgehead atoms. The fourth-order valence-electron chi connectivity index (χ4n) is 2.51. The van der Waals surface area contributed by atoms with E-state index in [2.05, 4.69) is 26.1 Å². The summed E-state index contributed by atoms with van der Waals surface area (Å²) in [4.78, 5) is 0. The first-order valence-electron chi connectivity index (χ1n) is 6.35. The lowest BCUT2D eigenvalue weighted by Gasteiger charge is -2.32. The Balaban J connectivity index is 2.58. The average molecular weight is 213 g/mol. The molecule has 2 atom stereocenters. The molecular weight excluding hydrogens is 186 g/mol. The van der Waals surface area contributed by atoms with Crippen molar-refractivity contribution in [2.45, 2.75) is 46.5 Å². The van der Waals surface area contributed by atoms with Crippen molar-refractivity contribution in [1.29, 1.82) is 0 Å². The van der Waals surface area contributed by atoms with E-state index in [1.54, 1.807) is 0 Å². The molecule has 0 spiro atoms. The predicted molar refractivity (Wildman–Crippen MR) is 64.9 cm³/mol. The van der Waals surface area contributed by atoms with Crippen molar-refractivity contribution in [1.82, 2.24) is 5.32 Å². The van der Waals surface area contributed by atoms with Gasteiger partial charge in [0.2, 0.25) is 0 Å². The molecule has 90 valence electrons. The number of hydrogen-bond donors (Lipinski definition) is 2. The van der Waals surface area contributed by atoms with Crippen LogP contribution in [0.1, 0.15) is 46.5 Å². The highest BCUT2D eigenvalue weighted by Gasteiger charge is 2.27. The van der Waals surface area contributed by atoms with Crippen molar-refractivity contribution in [2.24, 2.45) is 17.3 Å². The SMILES string of the molecule is CC(C)(C)[C@H]1CCNCCC[C@@H](CO)C1. The van der Waals surface area contributed by atoms with Crippen LogP contribution in [0.5, 0.6) is 0 Å². The molecule has 0 radical (unpaired) electrons. The number of rotatable bonds is 1. The Morgan fingerprint density at radius 1 is 1.20 bits per heavy atom. The largest absolute Gasteiger partial charge is 0.396 e. The Hall–Kier alpha value is -0.0800. The van der Waals surface area contributed by atoms with Crippen molar-refractivity contribution >= 4 is 0 Å². The van der Waals surface area contributed by atoms with Gasteiger partial charge in [0.25, 0.3) is 0 Å². The highest BCUT2D eigenvalue weighted by molar-refractivity contribution is 4.79. The van der Waals surface area contributed by atoms with Gasteiger partial charge in [0.05, 0.1) is 0 Å². The van der Waals surface area contributed by atoms with Gasteiger partial charge in [-0.2, -0.15) is 0 Å². The third-order valence-electron chi connectivity index (χ3n) is 3.74. The zero-order chi connectivity index (χ0) is 11.3. The Kier molecular flexibility index (Phi) is 5.07. The Morgan fingerprint density at radius 2 is 1.93 bits per heavy atom. The summed E-state index contributed by atoms with van der Waals surface area (Å²) in [5.41, 5.74) is 0.374. The molecule has 1 heterocycles. The van der Waals surface area contributed by atoms with Crippen molar-refractivity contribution < 1.29 is 5.11 Å². The first kappa shape index (κ1) is 13.0. The molecule has 0 aromatic carbocycles. The maximum atomic E-state index is 9.36. The van der Waals surface area contributed by atoms with Gasteiger partial charge in [-0.3, -0.25) is 0 Å². The maximum Gasteiger partial charge on any atom is 0.0459 e.